The van der Waals surface area contributed by atoms with E-state index in [0.29, 0.717) is 43.7 Å². The molecule has 2 aromatic rings. The molecule has 0 aliphatic carbocycles. The second kappa shape index (κ2) is 8.20. The van der Waals surface area contributed by atoms with Crippen molar-refractivity contribution in [3.8, 4) is 0 Å². The quantitative estimate of drug-likeness (QED) is 0.711. The maximum absolute atomic E-state index is 13.3. The summed E-state index contributed by atoms with van der Waals surface area (Å²) >= 11 is 1.62. The summed E-state index contributed by atoms with van der Waals surface area (Å²) in [7, 11) is 0. The number of fused-ring (bicyclic) bond motifs is 3. The van der Waals surface area contributed by atoms with E-state index in [9.17, 15) is 14.4 Å². The number of hydrogen-bond donors (Lipinski definition) is 0. The van der Waals surface area contributed by atoms with Crippen molar-refractivity contribution in [3.05, 3.63) is 41.4 Å². The van der Waals surface area contributed by atoms with E-state index >= 15 is 0 Å². The van der Waals surface area contributed by atoms with E-state index in [1.54, 1.807) is 33.4 Å². The highest BCUT2D eigenvalue weighted by Gasteiger charge is 2.52. The molecule has 1 atom stereocenters. The Balaban J connectivity index is 1.28. The van der Waals surface area contributed by atoms with E-state index in [-0.39, 0.29) is 24.1 Å². The molecule has 1 aromatic carbocycles. The van der Waals surface area contributed by atoms with Crippen molar-refractivity contribution in [1.82, 2.24) is 14.8 Å². The first-order valence-electron chi connectivity index (χ1n) is 11.2. The number of amides is 3. The predicted molar refractivity (Wildman–Crippen MR) is 123 cm³/mol. The van der Waals surface area contributed by atoms with E-state index in [0.717, 1.165) is 24.6 Å². The molecule has 8 nitrogen and oxygen atoms in total. The van der Waals surface area contributed by atoms with Gasteiger partial charge in [0.05, 0.1) is 11.3 Å². The fraction of sp³-hybridized carbons (Fsp3) is 0.478. The van der Waals surface area contributed by atoms with E-state index in [2.05, 4.69) is 9.88 Å². The van der Waals surface area contributed by atoms with Crippen LogP contribution >= 0.6 is 11.3 Å². The van der Waals surface area contributed by atoms with Crippen LogP contribution in [-0.4, -0.2) is 70.9 Å². The number of carbonyl (C=O) groups excluding carboxylic acids is 3. The molecule has 0 radical (unpaired) electrons. The maximum Gasteiger partial charge on any atom is 0.257 e. The minimum atomic E-state index is -0.719. The number of nitrogens with zero attached hydrogens (tertiary/aromatic N) is 5. The fourth-order valence-corrected chi connectivity index (χ4v) is 5.83. The van der Waals surface area contributed by atoms with E-state index in [1.807, 2.05) is 35.4 Å². The summed E-state index contributed by atoms with van der Waals surface area (Å²) in [6, 6.07) is 7.27. The monoisotopic (exact) mass is 453 g/mol. The van der Waals surface area contributed by atoms with Crippen molar-refractivity contribution in [1.29, 1.82) is 0 Å². The summed E-state index contributed by atoms with van der Waals surface area (Å²) in [4.78, 5) is 51.1. The fourth-order valence-electron chi connectivity index (χ4n) is 5.14. The van der Waals surface area contributed by atoms with Crippen molar-refractivity contribution in [3.63, 3.8) is 0 Å². The Morgan fingerprint density at radius 1 is 1.16 bits per heavy atom. The summed E-state index contributed by atoms with van der Waals surface area (Å²) in [5.41, 5.74) is 0.491. The molecule has 0 bridgehead atoms. The second-order valence-corrected chi connectivity index (χ2v) is 9.58. The van der Waals surface area contributed by atoms with Gasteiger partial charge in [-0.1, -0.05) is 12.1 Å². The highest BCUT2D eigenvalue weighted by Crippen LogP contribution is 2.44. The number of benzene rings is 1. The molecule has 0 spiro atoms. The number of hydrogen-bond acceptors (Lipinski definition) is 6. The lowest BCUT2D eigenvalue weighted by molar-refractivity contribution is -0.131. The molecule has 9 heteroatoms. The van der Waals surface area contributed by atoms with Gasteiger partial charge in [-0.15, -0.1) is 11.3 Å². The Morgan fingerprint density at radius 3 is 2.81 bits per heavy atom. The predicted octanol–water partition coefficient (Wildman–Crippen LogP) is 2.57. The number of para-hydroxylation sites is 1. The second-order valence-electron chi connectivity index (χ2n) is 8.71. The number of aromatic nitrogens is 1. The average molecular weight is 454 g/mol. The van der Waals surface area contributed by atoms with E-state index in [1.165, 1.54) is 0 Å². The van der Waals surface area contributed by atoms with Crippen molar-refractivity contribution < 1.29 is 14.4 Å². The summed E-state index contributed by atoms with van der Waals surface area (Å²) < 4.78 is 0. The number of rotatable bonds is 4. The zero-order valence-electron chi connectivity index (χ0n) is 18.2. The molecular weight excluding hydrogens is 426 g/mol. The average Bonchev–Trinajstić information content (AvgIpc) is 3.35. The third-order valence-corrected chi connectivity index (χ3v) is 7.67. The van der Waals surface area contributed by atoms with Crippen LogP contribution in [-0.2, 0) is 9.59 Å². The summed E-state index contributed by atoms with van der Waals surface area (Å²) in [5.74, 6) is -0.0247. The Morgan fingerprint density at radius 2 is 2.00 bits per heavy atom. The Hall–Kier alpha value is -2.94. The molecule has 1 unspecified atom stereocenters. The van der Waals surface area contributed by atoms with Gasteiger partial charge in [0, 0.05) is 57.1 Å². The zero-order chi connectivity index (χ0) is 22.3. The number of thiazole rings is 1. The Labute approximate surface area is 191 Å². The van der Waals surface area contributed by atoms with Crippen molar-refractivity contribution in [2.45, 2.75) is 38.3 Å². The van der Waals surface area contributed by atoms with Crippen LogP contribution in [0, 0.1) is 0 Å². The molecule has 2 saturated heterocycles. The van der Waals surface area contributed by atoms with Crippen molar-refractivity contribution >= 4 is 39.9 Å². The van der Waals surface area contributed by atoms with Crippen LogP contribution in [0.3, 0.4) is 0 Å². The van der Waals surface area contributed by atoms with Crippen LogP contribution in [0.1, 0.15) is 43.0 Å². The van der Waals surface area contributed by atoms with Gasteiger partial charge in [-0.25, -0.2) is 4.98 Å². The molecule has 0 saturated carbocycles. The van der Waals surface area contributed by atoms with Crippen LogP contribution in [0.4, 0.5) is 10.8 Å². The molecule has 4 heterocycles. The molecule has 3 amide bonds. The van der Waals surface area contributed by atoms with Gasteiger partial charge in [0.25, 0.3) is 5.91 Å². The number of carbonyl (C=O) groups is 3. The van der Waals surface area contributed by atoms with Gasteiger partial charge in [0.1, 0.15) is 5.66 Å². The molecular formula is C23H27N5O3S. The molecule has 3 aliphatic rings. The highest BCUT2D eigenvalue weighted by atomic mass is 32.1. The molecule has 2 fully saturated rings. The largest absolute Gasteiger partial charge is 0.346 e. The number of anilines is 2. The SMILES string of the molecule is CC12CCC(=O)N1c1ccccc1C(=O)N2CCC(=O)N1CCCN(c2nccs2)CC1. The van der Waals surface area contributed by atoms with Crippen LogP contribution in [0.25, 0.3) is 0 Å². The third kappa shape index (κ3) is 3.44. The van der Waals surface area contributed by atoms with Crippen molar-refractivity contribution in [2.75, 3.05) is 42.5 Å². The van der Waals surface area contributed by atoms with E-state index < -0.39 is 5.66 Å². The summed E-state index contributed by atoms with van der Waals surface area (Å²) in [5, 5.41) is 2.96. The van der Waals surface area contributed by atoms with Gasteiger partial charge in [0.15, 0.2) is 5.13 Å². The molecule has 32 heavy (non-hydrogen) atoms. The lowest BCUT2D eigenvalue weighted by Gasteiger charge is -2.48. The minimum absolute atomic E-state index is 0.0265. The van der Waals surface area contributed by atoms with Gasteiger partial charge >= 0.3 is 0 Å². The van der Waals surface area contributed by atoms with Crippen molar-refractivity contribution in [2.24, 2.45) is 0 Å². The van der Waals surface area contributed by atoms with Gasteiger partial charge in [0.2, 0.25) is 11.8 Å². The zero-order valence-corrected chi connectivity index (χ0v) is 19.0. The summed E-state index contributed by atoms with van der Waals surface area (Å²) in [6.07, 6.45) is 3.93. The Kier molecular flexibility index (Phi) is 5.36. The standard InChI is InChI=1S/C23H27N5O3S/c1-23-9-7-20(30)28(23)18-6-3-2-5-17(18)21(31)27(23)13-8-19(29)25-11-4-12-26(15-14-25)22-24-10-16-32-22/h2-3,5-6,10,16H,4,7-9,11-15H2,1H3. The van der Waals surface area contributed by atoms with Crippen LogP contribution in [0.2, 0.25) is 0 Å². The lowest BCUT2D eigenvalue weighted by Crippen LogP contribution is -2.62. The van der Waals surface area contributed by atoms with Gasteiger partial charge in [-0.05, 0) is 31.9 Å². The topological polar surface area (TPSA) is 77.1 Å². The minimum Gasteiger partial charge on any atom is -0.346 e. The summed E-state index contributed by atoms with van der Waals surface area (Å²) in [6.45, 7) is 5.24. The van der Waals surface area contributed by atoms with Gasteiger partial charge in [-0.2, -0.15) is 0 Å². The normalized spacial score (nSPS) is 23.3. The lowest BCUT2D eigenvalue weighted by atomic mass is 9.98. The first kappa shape index (κ1) is 20.9. The molecule has 1 aromatic heterocycles. The first-order chi connectivity index (χ1) is 15.5. The maximum atomic E-state index is 13.3. The van der Waals surface area contributed by atoms with E-state index in [4.69, 9.17) is 0 Å². The molecule has 5 rings (SSSR count). The smallest absolute Gasteiger partial charge is 0.257 e. The van der Waals surface area contributed by atoms with Crippen LogP contribution in [0.5, 0.6) is 0 Å². The van der Waals surface area contributed by atoms with Crippen LogP contribution in [0.15, 0.2) is 35.8 Å². The molecule has 0 N–H and O–H groups in total. The molecule has 3 aliphatic heterocycles. The van der Waals surface area contributed by atoms with Crippen LogP contribution < -0.4 is 9.80 Å². The van der Waals surface area contributed by atoms with Gasteiger partial charge < -0.3 is 14.7 Å². The highest BCUT2D eigenvalue weighted by molar-refractivity contribution is 7.13. The molecule has 168 valence electrons. The third-order valence-electron chi connectivity index (χ3n) is 6.83. The Bertz CT molecular complexity index is 1040. The van der Waals surface area contributed by atoms with Gasteiger partial charge in [-0.3, -0.25) is 19.3 Å². The first-order valence-corrected chi connectivity index (χ1v) is 12.0.